The molecule has 1 unspecified atom stereocenters. The average Bonchev–Trinajstić information content (AvgIpc) is 2.30. The standard InChI is InChI=1S/C12H11NO2S/c1-7(9-10(13)12(15)11(9)14)16-8-5-3-2-4-6-8/h2-7H,13H2,1H3. The van der Waals surface area contributed by atoms with Crippen LogP contribution in [0, 0.1) is 0 Å². The zero-order chi connectivity index (χ0) is 11.7. The normalized spacial score (nSPS) is 12.8. The van der Waals surface area contributed by atoms with Crippen molar-refractivity contribution < 1.29 is 0 Å². The first kappa shape index (κ1) is 11.0. The van der Waals surface area contributed by atoms with E-state index in [1.807, 2.05) is 37.3 Å². The Balaban J connectivity index is 2.20. The molecule has 0 saturated heterocycles. The van der Waals surface area contributed by atoms with Gasteiger partial charge in [-0.3, -0.25) is 9.59 Å². The van der Waals surface area contributed by atoms with Crippen LogP contribution in [0.15, 0.2) is 44.8 Å². The van der Waals surface area contributed by atoms with Crippen LogP contribution in [0.25, 0.3) is 0 Å². The number of thioether (sulfide) groups is 1. The molecule has 0 heterocycles. The van der Waals surface area contributed by atoms with E-state index in [1.54, 1.807) is 0 Å². The van der Waals surface area contributed by atoms with Gasteiger partial charge in [0.05, 0.1) is 5.69 Å². The van der Waals surface area contributed by atoms with Crippen LogP contribution in [-0.4, -0.2) is 0 Å². The van der Waals surface area contributed by atoms with E-state index in [4.69, 9.17) is 5.73 Å². The van der Waals surface area contributed by atoms with Gasteiger partial charge in [0.25, 0.3) is 0 Å². The highest BCUT2D eigenvalue weighted by Crippen LogP contribution is 2.35. The van der Waals surface area contributed by atoms with Crippen LogP contribution in [0.4, 0.5) is 5.69 Å². The lowest BCUT2D eigenvalue weighted by Crippen LogP contribution is -2.38. The Labute approximate surface area is 97.0 Å². The van der Waals surface area contributed by atoms with Crippen LogP contribution in [0.2, 0.25) is 0 Å². The Morgan fingerprint density at radius 1 is 1.12 bits per heavy atom. The van der Waals surface area contributed by atoms with Gasteiger partial charge in [-0.15, -0.1) is 11.8 Å². The van der Waals surface area contributed by atoms with Gasteiger partial charge in [0, 0.05) is 15.7 Å². The summed E-state index contributed by atoms with van der Waals surface area (Å²) in [4.78, 5) is 23.3. The third kappa shape index (κ3) is 1.76. The van der Waals surface area contributed by atoms with Crippen LogP contribution in [0.5, 0.6) is 0 Å². The summed E-state index contributed by atoms with van der Waals surface area (Å²) < 4.78 is 0. The molecule has 0 fully saturated rings. The zero-order valence-corrected chi connectivity index (χ0v) is 9.58. The molecule has 4 heteroatoms. The van der Waals surface area contributed by atoms with E-state index in [1.165, 1.54) is 11.8 Å². The highest BCUT2D eigenvalue weighted by molar-refractivity contribution is 7.99. The summed E-state index contributed by atoms with van der Waals surface area (Å²) in [5.74, 6) is 0. The highest BCUT2D eigenvalue weighted by atomic mass is 32.2. The van der Waals surface area contributed by atoms with Crippen molar-refractivity contribution >= 4 is 17.4 Å². The molecule has 1 atom stereocenters. The van der Waals surface area contributed by atoms with Crippen LogP contribution >= 0.6 is 11.8 Å². The molecule has 0 aliphatic rings. The molecule has 2 rings (SSSR count). The first-order valence-electron chi connectivity index (χ1n) is 4.91. The van der Waals surface area contributed by atoms with Gasteiger partial charge in [0.2, 0.25) is 10.9 Å². The fourth-order valence-corrected chi connectivity index (χ4v) is 2.67. The molecule has 82 valence electrons. The van der Waals surface area contributed by atoms with Crippen molar-refractivity contribution in [2.45, 2.75) is 17.1 Å². The lowest BCUT2D eigenvalue weighted by molar-refractivity contribution is 1.05. The first-order valence-corrected chi connectivity index (χ1v) is 5.79. The van der Waals surface area contributed by atoms with Gasteiger partial charge in [-0.1, -0.05) is 18.2 Å². The maximum Gasteiger partial charge on any atom is 0.249 e. The van der Waals surface area contributed by atoms with E-state index in [2.05, 4.69) is 0 Å². The summed E-state index contributed by atoms with van der Waals surface area (Å²) in [6, 6.07) is 9.72. The third-order valence-electron chi connectivity index (χ3n) is 2.45. The molecule has 0 aliphatic heterocycles. The van der Waals surface area contributed by atoms with E-state index >= 15 is 0 Å². The minimum atomic E-state index is -0.546. The molecule has 0 saturated carbocycles. The number of hydrogen-bond donors (Lipinski definition) is 1. The van der Waals surface area contributed by atoms with Crippen molar-refractivity contribution in [2.75, 3.05) is 5.73 Å². The van der Waals surface area contributed by atoms with E-state index in [0.29, 0.717) is 5.56 Å². The van der Waals surface area contributed by atoms with Crippen LogP contribution in [0.1, 0.15) is 17.7 Å². The van der Waals surface area contributed by atoms with Crippen molar-refractivity contribution in [3.05, 3.63) is 56.3 Å². The molecule has 0 aromatic heterocycles. The molecule has 2 N–H and O–H groups in total. The average molecular weight is 233 g/mol. The second kappa shape index (κ2) is 4.14. The summed E-state index contributed by atoms with van der Waals surface area (Å²) >= 11 is 1.53. The topological polar surface area (TPSA) is 60.2 Å². The molecular formula is C12H11NO2S. The Bertz CT molecular complexity index is 570. The molecule has 0 bridgehead atoms. The maximum atomic E-state index is 11.3. The Morgan fingerprint density at radius 2 is 1.75 bits per heavy atom. The maximum absolute atomic E-state index is 11.3. The zero-order valence-electron chi connectivity index (χ0n) is 8.77. The van der Waals surface area contributed by atoms with Crippen molar-refractivity contribution in [2.24, 2.45) is 0 Å². The number of anilines is 1. The monoisotopic (exact) mass is 233 g/mol. The van der Waals surface area contributed by atoms with Gasteiger partial charge in [-0.05, 0) is 19.1 Å². The molecule has 16 heavy (non-hydrogen) atoms. The van der Waals surface area contributed by atoms with E-state index in [-0.39, 0.29) is 10.9 Å². The largest absolute Gasteiger partial charge is 0.395 e. The minimum Gasteiger partial charge on any atom is -0.395 e. The van der Waals surface area contributed by atoms with Gasteiger partial charge in [0.1, 0.15) is 0 Å². The number of nitrogen functional groups attached to an aromatic ring is 1. The Hall–Kier alpha value is -1.55. The van der Waals surface area contributed by atoms with E-state index in [0.717, 1.165) is 4.90 Å². The smallest absolute Gasteiger partial charge is 0.249 e. The summed E-state index contributed by atoms with van der Waals surface area (Å²) in [5.41, 5.74) is 5.11. The Kier molecular flexibility index (Phi) is 2.83. The Morgan fingerprint density at radius 3 is 2.31 bits per heavy atom. The van der Waals surface area contributed by atoms with Gasteiger partial charge in [-0.25, -0.2) is 0 Å². The number of benzene rings is 1. The number of hydrogen-bond acceptors (Lipinski definition) is 4. The lowest BCUT2D eigenvalue weighted by Gasteiger charge is -2.14. The van der Waals surface area contributed by atoms with Gasteiger partial charge in [0.15, 0.2) is 0 Å². The molecule has 2 aromatic carbocycles. The summed E-state index contributed by atoms with van der Waals surface area (Å²) in [6.07, 6.45) is 0. The minimum absolute atomic E-state index is 0.0763. The van der Waals surface area contributed by atoms with Crippen molar-refractivity contribution in [1.82, 2.24) is 0 Å². The van der Waals surface area contributed by atoms with Gasteiger partial charge < -0.3 is 5.73 Å². The lowest BCUT2D eigenvalue weighted by atomic mass is 10.1. The molecule has 0 radical (unpaired) electrons. The number of rotatable bonds is 3. The van der Waals surface area contributed by atoms with Crippen molar-refractivity contribution in [1.29, 1.82) is 0 Å². The van der Waals surface area contributed by atoms with Crippen LogP contribution in [-0.2, 0) is 0 Å². The van der Waals surface area contributed by atoms with E-state index < -0.39 is 10.9 Å². The van der Waals surface area contributed by atoms with Crippen molar-refractivity contribution in [3.63, 3.8) is 0 Å². The SMILES string of the molecule is CC(Sc1ccccc1)c1c(N)c(=O)c1=O. The molecule has 0 spiro atoms. The van der Waals surface area contributed by atoms with Gasteiger partial charge >= 0.3 is 0 Å². The fourth-order valence-electron chi connectivity index (χ4n) is 1.59. The molecule has 0 aliphatic carbocycles. The van der Waals surface area contributed by atoms with Crippen LogP contribution in [0.3, 0.4) is 0 Å². The first-order chi connectivity index (χ1) is 7.61. The summed E-state index contributed by atoms with van der Waals surface area (Å²) in [6.45, 7) is 1.88. The fraction of sp³-hybridized carbons (Fsp3) is 0.167. The summed E-state index contributed by atoms with van der Waals surface area (Å²) in [7, 11) is 0. The molecular weight excluding hydrogens is 222 g/mol. The van der Waals surface area contributed by atoms with Crippen LogP contribution < -0.4 is 16.6 Å². The predicted molar refractivity (Wildman–Crippen MR) is 66.5 cm³/mol. The molecule has 0 amide bonds. The summed E-state index contributed by atoms with van der Waals surface area (Å²) in [5, 5.41) is -0.0763. The number of nitrogens with two attached hydrogens (primary N) is 1. The molecule has 3 nitrogen and oxygen atoms in total. The van der Waals surface area contributed by atoms with Crippen molar-refractivity contribution in [3.8, 4) is 0 Å². The third-order valence-corrected chi connectivity index (χ3v) is 3.58. The van der Waals surface area contributed by atoms with E-state index in [9.17, 15) is 9.59 Å². The molecule has 2 aromatic rings. The predicted octanol–water partition coefficient (Wildman–Crippen LogP) is 1.72. The second-order valence-electron chi connectivity index (χ2n) is 3.56. The van der Waals surface area contributed by atoms with Gasteiger partial charge in [-0.2, -0.15) is 0 Å². The second-order valence-corrected chi connectivity index (χ2v) is 4.97. The quantitative estimate of drug-likeness (QED) is 0.647. The highest BCUT2D eigenvalue weighted by Gasteiger charge is 2.23.